The van der Waals surface area contributed by atoms with Crippen LogP contribution in [0.1, 0.15) is 33.3 Å². The van der Waals surface area contributed by atoms with E-state index < -0.39 is 11.5 Å². The fourth-order valence-corrected chi connectivity index (χ4v) is 2.03. The van der Waals surface area contributed by atoms with Gasteiger partial charge in [-0.05, 0) is 46.8 Å². The number of hydrogen-bond acceptors (Lipinski definition) is 2. The van der Waals surface area contributed by atoms with E-state index in [-0.39, 0.29) is 12.6 Å². The third-order valence-electron chi connectivity index (χ3n) is 3.23. The Hall–Kier alpha value is -2.04. The maximum atomic E-state index is 12.7. The van der Waals surface area contributed by atoms with Crippen LogP contribution in [0.3, 0.4) is 0 Å². The van der Waals surface area contributed by atoms with Gasteiger partial charge in [0.05, 0.1) is 0 Å². The van der Waals surface area contributed by atoms with Crippen LogP contribution in [0.5, 0.6) is 0 Å². The van der Waals surface area contributed by atoms with Gasteiger partial charge >= 0.3 is 12.0 Å². The highest BCUT2D eigenvalue weighted by molar-refractivity contribution is 5.94. The first kappa shape index (κ1) is 17.0. The fourth-order valence-electron chi connectivity index (χ4n) is 2.03. The van der Waals surface area contributed by atoms with Crippen LogP contribution in [-0.2, 0) is 4.79 Å². The van der Waals surface area contributed by atoms with Crippen LogP contribution in [0.2, 0.25) is 0 Å². The summed E-state index contributed by atoms with van der Waals surface area (Å²) in [6.45, 7) is 9.51. The van der Waals surface area contributed by atoms with Gasteiger partial charge in [-0.25, -0.2) is 4.79 Å². The Bertz CT molecular complexity index is 503. The van der Waals surface area contributed by atoms with Gasteiger partial charge in [-0.2, -0.15) is 0 Å². The lowest BCUT2D eigenvalue weighted by Crippen LogP contribution is -2.54. The number of hydrogen-bond donors (Lipinski definition) is 1. The van der Waals surface area contributed by atoms with Crippen LogP contribution in [0.4, 0.5) is 10.5 Å². The number of amides is 2. The molecule has 0 saturated carbocycles. The summed E-state index contributed by atoms with van der Waals surface area (Å²) in [4.78, 5) is 26.7. The SMILES string of the molecule is CCN(C(=O)N(CC(=O)O)C(C)(C)C)c1ccc(C)cc1. The van der Waals surface area contributed by atoms with Crippen molar-refractivity contribution in [1.29, 1.82) is 0 Å². The Labute approximate surface area is 126 Å². The molecule has 1 aromatic rings. The largest absolute Gasteiger partial charge is 0.480 e. The molecule has 0 aliphatic carbocycles. The standard InChI is InChI=1S/C16H24N2O3/c1-6-17(13-9-7-12(2)8-10-13)15(21)18(11-14(19)20)16(3,4)5/h7-10H,6,11H2,1-5H3,(H,19,20). The molecule has 0 bridgehead atoms. The summed E-state index contributed by atoms with van der Waals surface area (Å²) in [5.74, 6) is -1.02. The fraction of sp³-hybridized carbons (Fsp3) is 0.500. The lowest BCUT2D eigenvalue weighted by Gasteiger charge is -2.38. The number of rotatable bonds is 4. The molecule has 1 N–H and O–H groups in total. The van der Waals surface area contributed by atoms with Gasteiger partial charge in [0.15, 0.2) is 0 Å². The number of benzene rings is 1. The second-order valence-electron chi connectivity index (χ2n) is 6.01. The summed E-state index contributed by atoms with van der Waals surface area (Å²) >= 11 is 0. The molecule has 0 heterocycles. The number of aryl methyl sites for hydroxylation is 1. The average molecular weight is 292 g/mol. The Morgan fingerprint density at radius 2 is 1.67 bits per heavy atom. The summed E-state index contributed by atoms with van der Waals surface area (Å²) in [5.41, 5.74) is 1.32. The topological polar surface area (TPSA) is 60.9 Å². The third kappa shape index (κ3) is 4.48. The predicted octanol–water partition coefficient (Wildman–Crippen LogP) is 3.13. The minimum absolute atomic E-state index is 0.295. The number of urea groups is 1. The molecular weight excluding hydrogens is 268 g/mol. The van der Waals surface area contributed by atoms with Crippen LogP contribution >= 0.6 is 0 Å². The highest BCUT2D eigenvalue weighted by Gasteiger charge is 2.31. The molecule has 0 aliphatic rings. The molecule has 116 valence electrons. The number of carbonyl (C=O) groups is 2. The van der Waals surface area contributed by atoms with Crippen molar-refractivity contribution in [3.8, 4) is 0 Å². The van der Waals surface area contributed by atoms with E-state index in [0.717, 1.165) is 11.3 Å². The first-order valence-corrected chi connectivity index (χ1v) is 7.04. The molecule has 0 fully saturated rings. The number of carbonyl (C=O) groups excluding carboxylic acids is 1. The maximum absolute atomic E-state index is 12.7. The Morgan fingerprint density at radius 1 is 1.14 bits per heavy atom. The van der Waals surface area contributed by atoms with Crippen LogP contribution in [0.25, 0.3) is 0 Å². The number of aliphatic carboxylic acids is 1. The molecule has 0 aliphatic heterocycles. The smallest absolute Gasteiger partial charge is 0.325 e. The highest BCUT2D eigenvalue weighted by atomic mass is 16.4. The molecule has 5 heteroatoms. The highest BCUT2D eigenvalue weighted by Crippen LogP contribution is 2.21. The summed E-state index contributed by atoms with van der Waals surface area (Å²) in [6.07, 6.45) is 0. The van der Waals surface area contributed by atoms with Crippen molar-refractivity contribution in [1.82, 2.24) is 4.90 Å². The van der Waals surface area contributed by atoms with Crippen molar-refractivity contribution < 1.29 is 14.7 Å². The second-order valence-corrected chi connectivity index (χ2v) is 6.01. The zero-order valence-electron chi connectivity index (χ0n) is 13.4. The molecule has 0 atom stereocenters. The van der Waals surface area contributed by atoms with E-state index in [0.29, 0.717) is 6.54 Å². The van der Waals surface area contributed by atoms with Crippen molar-refractivity contribution in [2.24, 2.45) is 0 Å². The summed E-state index contributed by atoms with van der Waals surface area (Å²) in [7, 11) is 0. The van der Waals surface area contributed by atoms with Crippen LogP contribution in [-0.4, -0.2) is 40.6 Å². The van der Waals surface area contributed by atoms with E-state index in [2.05, 4.69) is 0 Å². The number of anilines is 1. The van der Waals surface area contributed by atoms with Crippen LogP contribution in [0.15, 0.2) is 24.3 Å². The predicted molar refractivity (Wildman–Crippen MR) is 83.7 cm³/mol. The van der Waals surface area contributed by atoms with Gasteiger partial charge in [-0.3, -0.25) is 9.69 Å². The average Bonchev–Trinajstić information content (AvgIpc) is 2.37. The van der Waals surface area contributed by atoms with Gasteiger partial charge in [-0.15, -0.1) is 0 Å². The van der Waals surface area contributed by atoms with Gasteiger partial charge in [0.2, 0.25) is 0 Å². The molecule has 2 amide bonds. The number of carboxylic acids is 1. The lowest BCUT2D eigenvalue weighted by atomic mass is 10.1. The summed E-state index contributed by atoms with van der Waals surface area (Å²) in [6, 6.07) is 7.32. The molecule has 0 unspecified atom stereocenters. The zero-order chi connectivity index (χ0) is 16.2. The van der Waals surface area contributed by atoms with E-state index in [1.807, 2.05) is 58.9 Å². The first-order valence-electron chi connectivity index (χ1n) is 7.04. The van der Waals surface area contributed by atoms with E-state index in [1.165, 1.54) is 4.90 Å². The minimum atomic E-state index is -1.02. The van der Waals surface area contributed by atoms with E-state index in [4.69, 9.17) is 5.11 Å². The minimum Gasteiger partial charge on any atom is -0.480 e. The van der Waals surface area contributed by atoms with Gasteiger partial charge in [-0.1, -0.05) is 17.7 Å². The van der Waals surface area contributed by atoms with Gasteiger partial charge in [0.25, 0.3) is 0 Å². The third-order valence-corrected chi connectivity index (χ3v) is 3.23. The van der Waals surface area contributed by atoms with Gasteiger partial charge in [0.1, 0.15) is 6.54 Å². The molecule has 5 nitrogen and oxygen atoms in total. The van der Waals surface area contributed by atoms with Crippen molar-refractivity contribution in [2.45, 2.75) is 40.2 Å². The molecule has 0 saturated heterocycles. The number of carboxylic acid groups (broad SMARTS) is 1. The Morgan fingerprint density at radius 3 is 2.05 bits per heavy atom. The summed E-state index contributed by atoms with van der Waals surface area (Å²) < 4.78 is 0. The molecule has 1 rings (SSSR count). The zero-order valence-corrected chi connectivity index (χ0v) is 13.4. The van der Waals surface area contributed by atoms with Gasteiger partial charge in [0, 0.05) is 17.8 Å². The van der Waals surface area contributed by atoms with E-state index >= 15 is 0 Å². The maximum Gasteiger partial charge on any atom is 0.325 e. The molecule has 21 heavy (non-hydrogen) atoms. The lowest BCUT2D eigenvalue weighted by molar-refractivity contribution is -0.138. The molecule has 0 radical (unpaired) electrons. The normalized spacial score (nSPS) is 11.1. The van der Waals surface area contributed by atoms with Crippen molar-refractivity contribution in [3.63, 3.8) is 0 Å². The molecule has 0 aromatic heterocycles. The van der Waals surface area contributed by atoms with Crippen molar-refractivity contribution in [2.75, 3.05) is 18.0 Å². The second kappa shape index (κ2) is 6.61. The first-order chi connectivity index (χ1) is 9.66. The summed E-state index contributed by atoms with van der Waals surface area (Å²) in [5, 5.41) is 9.05. The Balaban J connectivity index is 3.09. The molecular formula is C16H24N2O3. The quantitative estimate of drug-likeness (QED) is 0.927. The van der Waals surface area contributed by atoms with E-state index in [9.17, 15) is 9.59 Å². The van der Waals surface area contributed by atoms with Gasteiger partial charge < -0.3 is 10.0 Å². The van der Waals surface area contributed by atoms with E-state index in [1.54, 1.807) is 4.90 Å². The van der Waals surface area contributed by atoms with Crippen LogP contribution in [0, 0.1) is 6.92 Å². The van der Waals surface area contributed by atoms with Crippen molar-refractivity contribution in [3.05, 3.63) is 29.8 Å². The molecule has 1 aromatic carbocycles. The van der Waals surface area contributed by atoms with Crippen LogP contribution < -0.4 is 4.90 Å². The number of nitrogens with zero attached hydrogens (tertiary/aromatic N) is 2. The monoisotopic (exact) mass is 292 g/mol. The Kier molecular flexibility index (Phi) is 5.35. The molecule has 0 spiro atoms. The van der Waals surface area contributed by atoms with Crippen molar-refractivity contribution >= 4 is 17.7 Å².